The number of rotatable bonds is 6. The van der Waals surface area contributed by atoms with Crippen molar-refractivity contribution in [1.82, 2.24) is 15.1 Å². The molecule has 0 aliphatic carbocycles. The zero-order valence-corrected chi connectivity index (χ0v) is 8.52. The number of nitrogens with one attached hydrogen (secondary N) is 1. The fraction of sp³-hybridized carbons (Fsp3) is 0.400. The van der Waals surface area contributed by atoms with Gasteiger partial charge in [0.15, 0.2) is 0 Å². The molecule has 82 valence electrons. The molecule has 1 rings (SSSR count). The summed E-state index contributed by atoms with van der Waals surface area (Å²) >= 11 is 0. The molecule has 5 heteroatoms. The molecule has 1 aromatic rings. The number of carbonyl (C=O) groups excluding carboxylic acids is 1. The van der Waals surface area contributed by atoms with Crippen molar-refractivity contribution in [2.75, 3.05) is 19.7 Å². The molecule has 2 N–H and O–H groups in total. The summed E-state index contributed by atoms with van der Waals surface area (Å²) in [7, 11) is 0. The van der Waals surface area contributed by atoms with Crippen LogP contribution in [0.2, 0.25) is 0 Å². The highest BCUT2D eigenvalue weighted by atomic mass is 16.3. The molecule has 0 saturated heterocycles. The van der Waals surface area contributed by atoms with Crippen LogP contribution >= 0.6 is 0 Å². The Morgan fingerprint density at radius 1 is 1.73 bits per heavy atom. The van der Waals surface area contributed by atoms with Crippen molar-refractivity contribution >= 4 is 5.91 Å². The Kier molecular flexibility index (Phi) is 4.56. The lowest BCUT2D eigenvalue weighted by Crippen LogP contribution is -2.34. The molecular formula is C10H15N3O2. The number of amides is 1. The van der Waals surface area contributed by atoms with Crippen molar-refractivity contribution in [3.05, 3.63) is 30.6 Å². The molecule has 0 atom stereocenters. The molecule has 0 aliphatic rings. The van der Waals surface area contributed by atoms with Gasteiger partial charge in [0.05, 0.1) is 13.0 Å². The molecule has 1 amide bonds. The molecule has 0 unspecified atom stereocenters. The Morgan fingerprint density at radius 2 is 2.53 bits per heavy atom. The van der Waals surface area contributed by atoms with Crippen LogP contribution in [0.1, 0.15) is 5.69 Å². The topological polar surface area (TPSA) is 69.2 Å². The monoisotopic (exact) mass is 209 g/mol. The molecule has 0 aromatic carbocycles. The van der Waals surface area contributed by atoms with E-state index in [1.807, 2.05) is 0 Å². The van der Waals surface area contributed by atoms with E-state index in [1.165, 1.54) is 0 Å². The SMILES string of the molecule is C=CCN(CCO)C(=O)Cc1ccn[nH]1. The van der Waals surface area contributed by atoms with E-state index in [2.05, 4.69) is 16.8 Å². The standard InChI is InChI=1S/C10H15N3O2/c1-2-5-13(6-7-14)10(15)8-9-3-4-11-12-9/h2-4,14H,1,5-8H2,(H,11,12). The van der Waals surface area contributed by atoms with Gasteiger partial charge in [0.25, 0.3) is 0 Å². The van der Waals surface area contributed by atoms with E-state index < -0.39 is 0 Å². The lowest BCUT2D eigenvalue weighted by molar-refractivity contribution is -0.130. The van der Waals surface area contributed by atoms with Crippen LogP contribution in [0, 0.1) is 0 Å². The van der Waals surface area contributed by atoms with Gasteiger partial charge in [-0.25, -0.2) is 0 Å². The van der Waals surface area contributed by atoms with Crippen LogP contribution in [-0.4, -0.2) is 45.8 Å². The van der Waals surface area contributed by atoms with Gasteiger partial charge in [-0.1, -0.05) is 6.08 Å². The lowest BCUT2D eigenvalue weighted by atomic mass is 10.2. The van der Waals surface area contributed by atoms with Gasteiger partial charge in [0.1, 0.15) is 0 Å². The summed E-state index contributed by atoms with van der Waals surface area (Å²) in [4.78, 5) is 13.3. The van der Waals surface area contributed by atoms with Gasteiger partial charge in [-0.3, -0.25) is 9.89 Å². The third-order valence-electron chi connectivity index (χ3n) is 1.97. The van der Waals surface area contributed by atoms with Crippen molar-refractivity contribution in [1.29, 1.82) is 0 Å². The quantitative estimate of drug-likeness (QED) is 0.646. The van der Waals surface area contributed by atoms with Gasteiger partial charge in [-0.05, 0) is 6.07 Å². The number of aliphatic hydroxyl groups is 1. The number of H-pyrrole nitrogens is 1. The fourth-order valence-electron chi connectivity index (χ4n) is 1.25. The molecule has 5 nitrogen and oxygen atoms in total. The van der Waals surface area contributed by atoms with Gasteiger partial charge in [0.2, 0.25) is 5.91 Å². The van der Waals surface area contributed by atoms with Gasteiger partial charge >= 0.3 is 0 Å². The van der Waals surface area contributed by atoms with Crippen LogP contribution in [0.15, 0.2) is 24.9 Å². The number of hydrogen-bond acceptors (Lipinski definition) is 3. The van der Waals surface area contributed by atoms with E-state index in [0.717, 1.165) is 5.69 Å². The average Bonchev–Trinajstić information content (AvgIpc) is 2.70. The molecule has 0 fully saturated rings. The molecule has 15 heavy (non-hydrogen) atoms. The molecule has 1 heterocycles. The molecule has 0 saturated carbocycles. The zero-order chi connectivity index (χ0) is 11.1. The summed E-state index contributed by atoms with van der Waals surface area (Å²) in [6.45, 7) is 4.31. The number of aromatic amines is 1. The van der Waals surface area contributed by atoms with Crippen molar-refractivity contribution in [3.8, 4) is 0 Å². The molecule has 1 aromatic heterocycles. The summed E-state index contributed by atoms with van der Waals surface area (Å²) < 4.78 is 0. The first-order valence-corrected chi connectivity index (χ1v) is 4.75. The smallest absolute Gasteiger partial charge is 0.228 e. The molecule has 0 radical (unpaired) electrons. The first kappa shape index (κ1) is 11.5. The van der Waals surface area contributed by atoms with Crippen LogP contribution in [0.3, 0.4) is 0 Å². The Labute approximate surface area is 88.4 Å². The summed E-state index contributed by atoms with van der Waals surface area (Å²) in [6.07, 6.45) is 3.51. The van der Waals surface area contributed by atoms with Gasteiger partial charge in [0, 0.05) is 25.0 Å². The first-order valence-electron chi connectivity index (χ1n) is 4.75. The van der Waals surface area contributed by atoms with Crippen LogP contribution in [-0.2, 0) is 11.2 Å². The fourth-order valence-corrected chi connectivity index (χ4v) is 1.25. The maximum atomic E-state index is 11.7. The second-order valence-electron chi connectivity index (χ2n) is 3.11. The Bertz CT molecular complexity index is 308. The normalized spacial score (nSPS) is 9.93. The third kappa shape index (κ3) is 3.55. The molecule has 0 spiro atoms. The van der Waals surface area contributed by atoms with Crippen molar-refractivity contribution in [3.63, 3.8) is 0 Å². The number of aliphatic hydroxyl groups excluding tert-OH is 1. The summed E-state index contributed by atoms with van der Waals surface area (Å²) in [5.41, 5.74) is 0.770. The summed E-state index contributed by atoms with van der Waals surface area (Å²) in [5.74, 6) is -0.0480. The number of hydrogen-bond donors (Lipinski definition) is 2. The predicted octanol–water partition coefficient (Wildman–Crippen LogP) is -0.0409. The Hall–Kier alpha value is -1.62. The maximum Gasteiger partial charge on any atom is 0.228 e. The minimum absolute atomic E-state index is 0.0391. The highest BCUT2D eigenvalue weighted by Gasteiger charge is 2.12. The number of carbonyl (C=O) groups is 1. The van der Waals surface area contributed by atoms with Gasteiger partial charge in [-0.2, -0.15) is 5.10 Å². The van der Waals surface area contributed by atoms with Crippen LogP contribution in [0.25, 0.3) is 0 Å². The third-order valence-corrected chi connectivity index (χ3v) is 1.97. The number of aromatic nitrogens is 2. The Balaban J connectivity index is 2.52. The molecule has 0 bridgehead atoms. The highest BCUT2D eigenvalue weighted by Crippen LogP contribution is 1.99. The van der Waals surface area contributed by atoms with E-state index in [4.69, 9.17) is 5.11 Å². The van der Waals surface area contributed by atoms with Crippen LogP contribution in [0.5, 0.6) is 0 Å². The molecule has 0 aliphatic heterocycles. The van der Waals surface area contributed by atoms with Gasteiger partial charge in [-0.15, -0.1) is 6.58 Å². The number of nitrogens with zero attached hydrogens (tertiary/aromatic N) is 2. The largest absolute Gasteiger partial charge is 0.395 e. The second-order valence-corrected chi connectivity index (χ2v) is 3.11. The predicted molar refractivity (Wildman–Crippen MR) is 56.2 cm³/mol. The van der Waals surface area contributed by atoms with Crippen LogP contribution in [0.4, 0.5) is 0 Å². The van der Waals surface area contributed by atoms with Gasteiger partial charge < -0.3 is 10.0 Å². The molecular weight excluding hydrogens is 194 g/mol. The minimum atomic E-state index is -0.0480. The van der Waals surface area contributed by atoms with E-state index in [1.54, 1.807) is 23.2 Å². The average molecular weight is 209 g/mol. The summed E-state index contributed by atoms with van der Waals surface area (Å²) in [5, 5.41) is 15.3. The first-order chi connectivity index (χ1) is 7.27. The van der Waals surface area contributed by atoms with E-state index >= 15 is 0 Å². The maximum absolute atomic E-state index is 11.7. The van der Waals surface area contributed by atoms with Crippen LogP contribution < -0.4 is 0 Å². The van der Waals surface area contributed by atoms with E-state index in [0.29, 0.717) is 13.1 Å². The second kappa shape index (κ2) is 5.98. The zero-order valence-electron chi connectivity index (χ0n) is 8.52. The van der Waals surface area contributed by atoms with Crippen molar-refractivity contribution in [2.24, 2.45) is 0 Å². The lowest BCUT2D eigenvalue weighted by Gasteiger charge is -2.19. The highest BCUT2D eigenvalue weighted by molar-refractivity contribution is 5.78. The van der Waals surface area contributed by atoms with Crippen molar-refractivity contribution < 1.29 is 9.90 Å². The van der Waals surface area contributed by atoms with Crippen molar-refractivity contribution in [2.45, 2.75) is 6.42 Å². The summed E-state index contributed by atoms with van der Waals surface area (Å²) in [6, 6.07) is 1.75. The van der Waals surface area contributed by atoms with E-state index in [9.17, 15) is 4.79 Å². The Morgan fingerprint density at radius 3 is 3.07 bits per heavy atom. The minimum Gasteiger partial charge on any atom is -0.395 e. The van der Waals surface area contributed by atoms with E-state index in [-0.39, 0.29) is 18.9 Å².